The van der Waals surface area contributed by atoms with Gasteiger partial charge in [0.05, 0.1) is 5.92 Å². The van der Waals surface area contributed by atoms with Gasteiger partial charge in [-0.05, 0) is 18.1 Å². The number of carbonyl (C=O) groups is 1. The van der Waals surface area contributed by atoms with E-state index in [-0.39, 0.29) is 11.7 Å². The highest BCUT2D eigenvalue weighted by Crippen LogP contribution is 2.35. The first-order valence-corrected chi connectivity index (χ1v) is 5.72. The lowest BCUT2D eigenvalue weighted by atomic mass is 9.91. The zero-order valence-electron chi connectivity index (χ0n) is 9.59. The number of amides is 1. The van der Waals surface area contributed by atoms with Crippen LogP contribution in [0.25, 0.3) is 0 Å². The number of aromatic nitrogens is 2. The van der Waals surface area contributed by atoms with Gasteiger partial charge in [0.15, 0.2) is 0 Å². The lowest BCUT2D eigenvalue weighted by Gasteiger charge is -2.23. The van der Waals surface area contributed by atoms with Gasteiger partial charge in [-0.25, -0.2) is 0 Å². The molecule has 1 aliphatic rings. The summed E-state index contributed by atoms with van der Waals surface area (Å²) in [6, 6.07) is 7.95. The highest BCUT2D eigenvalue weighted by atomic mass is 16.5. The van der Waals surface area contributed by atoms with Crippen LogP contribution in [0.2, 0.25) is 0 Å². The maximum Gasteiger partial charge on any atom is 0.290 e. The normalized spacial score (nSPS) is 17.9. The largest absolute Gasteiger partial charge is 0.385 e. The molecule has 0 radical (unpaired) electrons. The average Bonchev–Trinajstić information content (AvgIpc) is 2.87. The number of hydrogen-bond acceptors (Lipinski definition) is 5. The average molecular weight is 244 g/mol. The molecule has 6 heteroatoms. The van der Waals surface area contributed by atoms with Gasteiger partial charge < -0.3 is 15.6 Å². The molecule has 0 fully saturated rings. The Morgan fingerprint density at radius 3 is 3.06 bits per heavy atom. The molecule has 0 saturated carbocycles. The van der Waals surface area contributed by atoms with Crippen molar-refractivity contribution in [3.8, 4) is 0 Å². The molecule has 1 atom stereocenters. The van der Waals surface area contributed by atoms with E-state index < -0.39 is 5.91 Å². The smallest absolute Gasteiger partial charge is 0.290 e. The Morgan fingerprint density at radius 1 is 1.44 bits per heavy atom. The molecule has 0 aliphatic carbocycles. The standard InChI is InChI=1S/C12H12N4O2/c13-10(17)11-15-12(18-16-11)8-5-6-14-9-4-2-1-3-7(8)9/h1-4,8,14H,5-6H2,(H2,13,17). The minimum atomic E-state index is -0.674. The molecule has 1 unspecified atom stereocenters. The highest BCUT2D eigenvalue weighted by Gasteiger charge is 2.26. The van der Waals surface area contributed by atoms with Crippen LogP contribution in [-0.4, -0.2) is 22.6 Å². The molecule has 1 amide bonds. The molecule has 0 bridgehead atoms. The second-order valence-electron chi connectivity index (χ2n) is 4.18. The molecule has 0 saturated heterocycles. The maximum absolute atomic E-state index is 11.0. The Morgan fingerprint density at radius 2 is 2.28 bits per heavy atom. The Hall–Kier alpha value is -2.37. The second kappa shape index (κ2) is 4.14. The first-order chi connectivity index (χ1) is 8.75. The number of nitrogens with one attached hydrogen (secondary N) is 1. The van der Waals surface area contributed by atoms with Gasteiger partial charge in [0, 0.05) is 12.2 Å². The molecule has 2 heterocycles. The molecular weight excluding hydrogens is 232 g/mol. The van der Waals surface area contributed by atoms with E-state index in [1.807, 2.05) is 24.3 Å². The first-order valence-electron chi connectivity index (χ1n) is 5.72. The van der Waals surface area contributed by atoms with Crippen LogP contribution in [0, 0.1) is 0 Å². The van der Waals surface area contributed by atoms with Crippen molar-refractivity contribution in [1.82, 2.24) is 10.1 Å². The van der Waals surface area contributed by atoms with Crippen molar-refractivity contribution < 1.29 is 9.32 Å². The second-order valence-corrected chi connectivity index (χ2v) is 4.18. The third-order valence-corrected chi connectivity index (χ3v) is 3.04. The Kier molecular flexibility index (Phi) is 2.47. The molecule has 92 valence electrons. The van der Waals surface area contributed by atoms with Gasteiger partial charge in [-0.3, -0.25) is 4.79 Å². The Balaban J connectivity index is 2.00. The van der Waals surface area contributed by atoms with E-state index >= 15 is 0 Å². The number of rotatable bonds is 2. The molecular formula is C12H12N4O2. The van der Waals surface area contributed by atoms with Crippen molar-refractivity contribution in [2.24, 2.45) is 5.73 Å². The molecule has 1 aromatic heterocycles. The number of nitrogens with two attached hydrogens (primary N) is 1. The van der Waals surface area contributed by atoms with Crippen LogP contribution >= 0.6 is 0 Å². The lowest BCUT2D eigenvalue weighted by molar-refractivity contribution is 0.0987. The highest BCUT2D eigenvalue weighted by molar-refractivity contribution is 5.88. The summed E-state index contributed by atoms with van der Waals surface area (Å²) in [6.07, 6.45) is 0.845. The van der Waals surface area contributed by atoms with Crippen LogP contribution in [0.1, 0.15) is 34.4 Å². The monoisotopic (exact) mass is 244 g/mol. The number of carbonyl (C=O) groups excluding carboxylic acids is 1. The van der Waals surface area contributed by atoms with Crippen molar-refractivity contribution in [2.75, 3.05) is 11.9 Å². The minimum Gasteiger partial charge on any atom is -0.385 e. The fourth-order valence-electron chi connectivity index (χ4n) is 2.20. The van der Waals surface area contributed by atoms with E-state index in [4.69, 9.17) is 10.3 Å². The van der Waals surface area contributed by atoms with E-state index in [0.717, 1.165) is 24.2 Å². The van der Waals surface area contributed by atoms with Gasteiger partial charge in [-0.1, -0.05) is 23.4 Å². The van der Waals surface area contributed by atoms with E-state index in [1.165, 1.54) is 0 Å². The summed E-state index contributed by atoms with van der Waals surface area (Å²) < 4.78 is 5.13. The summed E-state index contributed by atoms with van der Waals surface area (Å²) >= 11 is 0. The van der Waals surface area contributed by atoms with Crippen molar-refractivity contribution in [1.29, 1.82) is 0 Å². The number of nitrogens with zero attached hydrogens (tertiary/aromatic N) is 2. The summed E-state index contributed by atoms with van der Waals surface area (Å²) in [5.74, 6) is -0.283. The van der Waals surface area contributed by atoms with Crippen molar-refractivity contribution in [3.63, 3.8) is 0 Å². The predicted molar refractivity (Wildman–Crippen MR) is 64.2 cm³/mol. The van der Waals surface area contributed by atoms with E-state index in [1.54, 1.807) is 0 Å². The molecule has 3 rings (SSSR count). The van der Waals surface area contributed by atoms with Gasteiger partial charge >= 0.3 is 0 Å². The van der Waals surface area contributed by atoms with E-state index in [0.29, 0.717) is 5.89 Å². The van der Waals surface area contributed by atoms with Gasteiger partial charge in [0.25, 0.3) is 11.7 Å². The summed E-state index contributed by atoms with van der Waals surface area (Å²) in [6.45, 7) is 0.829. The zero-order valence-corrected chi connectivity index (χ0v) is 9.59. The molecule has 2 aromatic rings. The Labute approximate surface area is 103 Å². The third-order valence-electron chi connectivity index (χ3n) is 3.04. The van der Waals surface area contributed by atoms with Crippen molar-refractivity contribution in [3.05, 3.63) is 41.5 Å². The molecule has 0 spiro atoms. The van der Waals surface area contributed by atoms with Crippen molar-refractivity contribution >= 4 is 11.6 Å². The van der Waals surface area contributed by atoms with Crippen molar-refractivity contribution in [2.45, 2.75) is 12.3 Å². The molecule has 3 N–H and O–H groups in total. The van der Waals surface area contributed by atoms with E-state index in [9.17, 15) is 4.79 Å². The summed E-state index contributed by atoms with van der Waals surface area (Å²) in [4.78, 5) is 15.0. The van der Waals surface area contributed by atoms with Gasteiger partial charge in [-0.2, -0.15) is 4.98 Å². The maximum atomic E-state index is 11.0. The Bertz CT molecular complexity index is 593. The van der Waals surface area contributed by atoms with Crippen LogP contribution < -0.4 is 11.1 Å². The number of primary amides is 1. The van der Waals surface area contributed by atoms with Gasteiger partial charge in [-0.15, -0.1) is 0 Å². The quantitative estimate of drug-likeness (QED) is 0.825. The summed E-state index contributed by atoms with van der Waals surface area (Å²) in [7, 11) is 0. The van der Waals surface area contributed by atoms with Gasteiger partial charge in [0.1, 0.15) is 0 Å². The minimum absolute atomic E-state index is 0.0167. The predicted octanol–water partition coefficient (Wildman–Crippen LogP) is 1.12. The summed E-state index contributed by atoms with van der Waals surface area (Å²) in [5.41, 5.74) is 7.28. The van der Waals surface area contributed by atoms with Crippen LogP contribution in [0.15, 0.2) is 28.8 Å². The topological polar surface area (TPSA) is 94.0 Å². The fraction of sp³-hybridized carbons (Fsp3) is 0.250. The number of anilines is 1. The zero-order chi connectivity index (χ0) is 12.5. The fourth-order valence-corrected chi connectivity index (χ4v) is 2.20. The van der Waals surface area contributed by atoms with Crippen LogP contribution in [0.4, 0.5) is 5.69 Å². The molecule has 6 nitrogen and oxygen atoms in total. The molecule has 1 aliphatic heterocycles. The molecule has 18 heavy (non-hydrogen) atoms. The van der Waals surface area contributed by atoms with Crippen LogP contribution in [0.3, 0.4) is 0 Å². The third kappa shape index (κ3) is 1.71. The molecule has 1 aromatic carbocycles. The summed E-state index contributed by atoms with van der Waals surface area (Å²) in [5, 5.41) is 6.89. The van der Waals surface area contributed by atoms with Crippen LogP contribution in [0.5, 0.6) is 0 Å². The number of benzene rings is 1. The number of fused-ring (bicyclic) bond motifs is 1. The van der Waals surface area contributed by atoms with Gasteiger partial charge in [0.2, 0.25) is 5.89 Å². The van der Waals surface area contributed by atoms with Crippen LogP contribution in [-0.2, 0) is 0 Å². The number of para-hydroxylation sites is 1. The first kappa shape index (κ1) is 10.8. The lowest BCUT2D eigenvalue weighted by Crippen LogP contribution is -2.18. The number of hydrogen-bond donors (Lipinski definition) is 2. The van der Waals surface area contributed by atoms with E-state index in [2.05, 4.69) is 15.5 Å². The SMILES string of the molecule is NC(=O)c1noc(C2CCNc3ccccc32)n1.